The van der Waals surface area contributed by atoms with E-state index < -0.39 is 11.8 Å². The third-order valence-corrected chi connectivity index (χ3v) is 4.26. The fourth-order valence-corrected chi connectivity index (χ4v) is 3.20. The van der Waals surface area contributed by atoms with Crippen LogP contribution in [-0.2, 0) is 4.79 Å². The Bertz CT molecular complexity index is 268. The Hall–Kier alpha value is -0.480. The molecule has 0 bridgehead atoms. The van der Waals surface area contributed by atoms with Gasteiger partial charge in [0.2, 0.25) is 0 Å². The minimum absolute atomic E-state index is 0.321. The van der Waals surface area contributed by atoms with E-state index in [1.807, 2.05) is 4.90 Å². The number of hydrogen-bond acceptors (Lipinski definition) is 3. The molecule has 2 rings (SSSR count). The van der Waals surface area contributed by atoms with Gasteiger partial charge in [-0.25, -0.2) is 4.39 Å². The van der Waals surface area contributed by atoms with Gasteiger partial charge in [-0.15, -0.1) is 0 Å². The average Bonchev–Trinajstić information content (AvgIpc) is 2.78. The Labute approximate surface area is 103 Å². The van der Waals surface area contributed by atoms with Gasteiger partial charge in [-0.1, -0.05) is 32.1 Å². The van der Waals surface area contributed by atoms with Crippen LogP contribution in [0.4, 0.5) is 4.39 Å². The van der Waals surface area contributed by atoms with Gasteiger partial charge in [-0.05, 0) is 18.8 Å². The predicted octanol–water partition coefficient (Wildman–Crippen LogP) is 1.85. The number of rotatable bonds is 4. The third kappa shape index (κ3) is 3.05. The standard InChI is InChI=1S/C13H23FN2O/c14-12-6-7-16(9-12)13(15,10-17)8-11-4-2-1-3-5-11/h10-12H,1-9,15H2. The van der Waals surface area contributed by atoms with Crippen LogP contribution in [0, 0.1) is 5.92 Å². The van der Waals surface area contributed by atoms with Crippen LogP contribution in [-0.4, -0.2) is 36.1 Å². The third-order valence-electron chi connectivity index (χ3n) is 4.26. The summed E-state index contributed by atoms with van der Waals surface area (Å²) in [5, 5.41) is 0. The summed E-state index contributed by atoms with van der Waals surface area (Å²) in [4.78, 5) is 13.1. The zero-order valence-electron chi connectivity index (χ0n) is 10.4. The Morgan fingerprint density at radius 1 is 1.29 bits per heavy atom. The summed E-state index contributed by atoms with van der Waals surface area (Å²) in [5.74, 6) is 0.539. The second-order valence-electron chi connectivity index (χ2n) is 5.65. The highest BCUT2D eigenvalue weighted by Crippen LogP contribution is 2.32. The minimum atomic E-state index is -0.928. The summed E-state index contributed by atoms with van der Waals surface area (Å²) in [6.07, 6.45) is 7.34. The lowest BCUT2D eigenvalue weighted by atomic mass is 9.83. The zero-order chi connectivity index (χ0) is 12.3. The molecule has 1 saturated heterocycles. The molecule has 0 amide bonds. The molecule has 1 aliphatic carbocycles. The maximum atomic E-state index is 13.2. The van der Waals surface area contributed by atoms with E-state index in [0.717, 1.165) is 6.29 Å². The fourth-order valence-electron chi connectivity index (χ4n) is 3.20. The van der Waals surface area contributed by atoms with Gasteiger partial charge in [0.1, 0.15) is 11.8 Å². The normalized spacial score (nSPS) is 31.3. The van der Waals surface area contributed by atoms with E-state index >= 15 is 0 Å². The van der Waals surface area contributed by atoms with Gasteiger partial charge >= 0.3 is 0 Å². The van der Waals surface area contributed by atoms with Crippen molar-refractivity contribution in [3.05, 3.63) is 0 Å². The molecule has 0 aromatic carbocycles. The molecule has 17 heavy (non-hydrogen) atoms. The van der Waals surface area contributed by atoms with Crippen molar-refractivity contribution in [1.82, 2.24) is 4.90 Å². The van der Waals surface area contributed by atoms with Crippen molar-refractivity contribution in [2.24, 2.45) is 11.7 Å². The van der Waals surface area contributed by atoms with Crippen molar-refractivity contribution in [3.63, 3.8) is 0 Å². The number of alkyl halides is 1. The second-order valence-corrected chi connectivity index (χ2v) is 5.65. The molecule has 2 N–H and O–H groups in total. The molecule has 0 aromatic rings. The Morgan fingerprint density at radius 3 is 2.53 bits per heavy atom. The SMILES string of the molecule is NC(C=O)(CC1CCCCC1)N1CCC(F)C1. The molecule has 0 aromatic heterocycles. The van der Waals surface area contributed by atoms with Crippen LogP contribution in [0.3, 0.4) is 0 Å². The zero-order valence-corrected chi connectivity index (χ0v) is 10.4. The van der Waals surface area contributed by atoms with Gasteiger partial charge in [0, 0.05) is 13.1 Å². The van der Waals surface area contributed by atoms with Gasteiger partial charge in [0.15, 0.2) is 6.29 Å². The van der Waals surface area contributed by atoms with Gasteiger partial charge in [-0.3, -0.25) is 9.69 Å². The molecule has 1 aliphatic heterocycles. The van der Waals surface area contributed by atoms with Crippen molar-refractivity contribution in [2.45, 2.75) is 56.8 Å². The summed E-state index contributed by atoms with van der Waals surface area (Å²) in [5.41, 5.74) is 5.26. The van der Waals surface area contributed by atoms with E-state index in [-0.39, 0.29) is 0 Å². The lowest BCUT2D eigenvalue weighted by Gasteiger charge is -2.37. The van der Waals surface area contributed by atoms with Gasteiger partial charge in [-0.2, -0.15) is 0 Å². The first-order chi connectivity index (χ1) is 8.14. The van der Waals surface area contributed by atoms with Crippen molar-refractivity contribution in [1.29, 1.82) is 0 Å². The average molecular weight is 242 g/mol. The molecule has 98 valence electrons. The van der Waals surface area contributed by atoms with Gasteiger partial charge < -0.3 is 5.73 Å². The van der Waals surface area contributed by atoms with E-state index in [1.54, 1.807) is 0 Å². The van der Waals surface area contributed by atoms with Crippen LogP contribution in [0.5, 0.6) is 0 Å². The molecule has 1 heterocycles. The number of likely N-dealkylation sites (tertiary alicyclic amines) is 1. The summed E-state index contributed by atoms with van der Waals surface area (Å²) in [6.45, 7) is 0.936. The van der Waals surface area contributed by atoms with E-state index in [9.17, 15) is 9.18 Å². The molecule has 1 saturated carbocycles. The van der Waals surface area contributed by atoms with Crippen LogP contribution in [0.15, 0.2) is 0 Å². The number of hydrogen-bond donors (Lipinski definition) is 1. The monoisotopic (exact) mass is 242 g/mol. The molecule has 4 heteroatoms. The quantitative estimate of drug-likeness (QED) is 0.765. The van der Waals surface area contributed by atoms with E-state index in [1.165, 1.54) is 32.1 Å². The van der Waals surface area contributed by atoms with Gasteiger partial charge in [0.25, 0.3) is 0 Å². The Morgan fingerprint density at radius 2 is 2.00 bits per heavy atom. The highest BCUT2D eigenvalue weighted by Gasteiger charge is 2.39. The van der Waals surface area contributed by atoms with Crippen LogP contribution in [0.2, 0.25) is 0 Å². The van der Waals surface area contributed by atoms with E-state index in [4.69, 9.17) is 5.73 Å². The van der Waals surface area contributed by atoms with E-state index in [2.05, 4.69) is 0 Å². The first kappa shape index (κ1) is 13.0. The van der Waals surface area contributed by atoms with Crippen LogP contribution >= 0.6 is 0 Å². The van der Waals surface area contributed by atoms with Crippen molar-refractivity contribution >= 4 is 6.29 Å². The summed E-state index contributed by atoms with van der Waals surface area (Å²) in [7, 11) is 0. The number of nitrogens with zero attached hydrogens (tertiary/aromatic N) is 1. The number of halogens is 1. The highest BCUT2D eigenvalue weighted by molar-refractivity contribution is 5.63. The van der Waals surface area contributed by atoms with Crippen molar-refractivity contribution < 1.29 is 9.18 Å². The van der Waals surface area contributed by atoms with Crippen LogP contribution < -0.4 is 5.73 Å². The first-order valence-electron chi connectivity index (χ1n) is 6.78. The molecule has 2 fully saturated rings. The topological polar surface area (TPSA) is 46.3 Å². The second kappa shape index (κ2) is 5.44. The van der Waals surface area contributed by atoms with Crippen molar-refractivity contribution in [3.8, 4) is 0 Å². The van der Waals surface area contributed by atoms with Gasteiger partial charge in [0.05, 0.1) is 0 Å². The predicted molar refractivity (Wildman–Crippen MR) is 65.3 cm³/mol. The lowest BCUT2D eigenvalue weighted by molar-refractivity contribution is -0.119. The van der Waals surface area contributed by atoms with E-state index in [0.29, 0.717) is 31.8 Å². The fraction of sp³-hybridized carbons (Fsp3) is 0.923. The Balaban J connectivity index is 1.95. The van der Waals surface area contributed by atoms with Crippen LogP contribution in [0.25, 0.3) is 0 Å². The highest BCUT2D eigenvalue weighted by atomic mass is 19.1. The summed E-state index contributed by atoms with van der Waals surface area (Å²) in [6, 6.07) is 0. The number of aldehydes is 1. The lowest BCUT2D eigenvalue weighted by Crippen LogP contribution is -2.57. The first-order valence-corrected chi connectivity index (χ1v) is 6.78. The molecular weight excluding hydrogens is 219 g/mol. The van der Waals surface area contributed by atoms with Crippen molar-refractivity contribution in [2.75, 3.05) is 13.1 Å². The number of nitrogens with two attached hydrogens (primary N) is 1. The molecule has 0 spiro atoms. The number of carbonyl (C=O) groups is 1. The smallest absolute Gasteiger partial charge is 0.154 e. The molecular formula is C13H23FN2O. The largest absolute Gasteiger partial charge is 0.307 e. The molecule has 2 unspecified atom stereocenters. The molecule has 3 nitrogen and oxygen atoms in total. The molecule has 2 atom stereocenters. The number of carbonyl (C=O) groups excluding carboxylic acids is 1. The maximum Gasteiger partial charge on any atom is 0.154 e. The molecule has 0 radical (unpaired) electrons. The minimum Gasteiger partial charge on any atom is -0.307 e. The summed E-state index contributed by atoms with van der Waals surface area (Å²) >= 11 is 0. The maximum absolute atomic E-state index is 13.2. The Kier molecular flexibility index (Phi) is 4.15. The molecule has 2 aliphatic rings. The summed E-state index contributed by atoms with van der Waals surface area (Å²) < 4.78 is 13.2. The van der Waals surface area contributed by atoms with Crippen LogP contribution in [0.1, 0.15) is 44.9 Å².